The van der Waals surface area contributed by atoms with Gasteiger partial charge in [-0.3, -0.25) is 4.79 Å². The monoisotopic (exact) mass is 361 g/mol. The fraction of sp³-hybridized carbons (Fsp3) is 0.650. The Morgan fingerprint density at radius 3 is 2.54 bits per heavy atom. The van der Waals surface area contributed by atoms with Crippen molar-refractivity contribution in [3.63, 3.8) is 0 Å². The Kier molecular flexibility index (Phi) is 4.80. The van der Waals surface area contributed by atoms with Gasteiger partial charge in [-0.15, -0.1) is 0 Å². The first kappa shape index (κ1) is 17.6. The lowest BCUT2D eigenvalue weighted by Crippen LogP contribution is -2.50. The Balaban J connectivity index is 1.55. The van der Waals surface area contributed by atoms with Crippen molar-refractivity contribution in [3.05, 3.63) is 23.3 Å². The number of amides is 1. The van der Waals surface area contributed by atoms with Crippen LogP contribution in [0.4, 0.5) is 0 Å². The minimum Gasteiger partial charge on any atom is -0.493 e. The number of hydrogen-bond acceptors (Lipinski definition) is 5. The van der Waals surface area contributed by atoms with E-state index >= 15 is 0 Å². The summed E-state index contributed by atoms with van der Waals surface area (Å²) in [6.07, 6.45) is 4.05. The maximum Gasteiger partial charge on any atom is 0.251 e. The van der Waals surface area contributed by atoms with Crippen LogP contribution in [0.1, 0.15) is 36.8 Å². The van der Waals surface area contributed by atoms with Crippen LogP contribution in [-0.2, 0) is 26.3 Å². The molecule has 2 saturated heterocycles. The van der Waals surface area contributed by atoms with E-state index in [4.69, 9.17) is 18.9 Å². The maximum absolute atomic E-state index is 12.6. The van der Waals surface area contributed by atoms with Crippen molar-refractivity contribution in [3.8, 4) is 11.5 Å². The first-order valence-corrected chi connectivity index (χ1v) is 9.46. The van der Waals surface area contributed by atoms with Crippen LogP contribution < -0.4 is 9.47 Å². The van der Waals surface area contributed by atoms with Crippen LogP contribution in [0.2, 0.25) is 0 Å². The predicted molar refractivity (Wildman–Crippen MR) is 95.7 cm³/mol. The van der Waals surface area contributed by atoms with Crippen molar-refractivity contribution in [1.29, 1.82) is 0 Å². The molecular formula is C20H27NO5. The summed E-state index contributed by atoms with van der Waals surface area (Å²) in [5.74, 6) is 1.63. The molecule has 1 atom stereocenters. The minimum absolute atomic E-state index is 0.140. The summed E-state index contributed by atoms with van der Waals surface area (Å²) in [6, 6.07) is 4.13. The lowest BCUT2D eigenvalue weighted by atomic mass is 9.79. The van der Waals surface area contributed by atoms with E-state index < -0.39 is 0 Å². The Hall–Kier alpha value is -1.79. The topological polar surface area (TPSA) is 57.2 Å². The van der Waals surface area contributed by atoms with Crippen molar-refractivity contribution in [2.45, 2.75) is 43.8 Å². The molecule has 1 aromatic rings. The third-order valence-corrected chi connectivity index (χ3v) is 5.94. The highest BCUT2D eigenvalue weighted by Crippen LogP contribution is 2.45. The van der Waals surface area contributed by atoms with Gasteiger partial charge in [0.05, 0.1) is 26.4 Å². The molecule has 0 bridgehead atoms. The molecule has 0 aromatic heterocycles. The summed E-state index contributed by atoms with van der Waals surface area (Å²) in [5.41, 5.74) is 2.11. The van der Waals surface area contributed by atoms with Gasteiger partial charge in [0.15, 0.2) is 11.5 Å². The van der Waals surface area contributed by atoms with Crippen LogP contribution in [0.25, 0.3) is 0 Å². The lowest BCUT2D eigenvalue weighted by Gasteiger charge is -2.45. The largest absolute Gasteiger partial charge is 0.493 e. The predicted octanol–water partition coefficient (Wildman–Crippen LogP) is 2.27. The molecule has 3 heterocycles. The van der Waals surface area contributed by atoms with Gasteiger partial charge >= 0.3 is 0 Å². The van der Waals surface area contributed by atoms with E-state index in [1.807, 2.05) is 4.90 Å². The molecule has 0 unspecified atom stereocenters. The summed E-state index contributed by atoms with van der Waals surface area (Å²) in [7, 11) is 3.32. The van der Waals surface area contributed by atoms with Gasteiger partial charge in [-0.2, -0.15) is 0 Å². The molecule has 6 nitrogen and oxygen atoms in total. The van der Waals surface area contributed by atoms with Crippen molar-refractivity contribution in [2.24, 2.45) is 0 Å². The molecule has 26 heavy (non-hydrogen) atoms. The number of hydrogen-bond donors (Lipinski definition) is 0. The second kappa shape index (κ2) is 7.08. The van der Waals surface area contributed by atoms with Gasteiger partial charge in [0.25, 0.3) is 5.91 Å². The molecule has 2 fully saturated rings. The second-order valence-electron chi connectivity index (χ2n) is 7.28. The number of rotatable bonds is 3. The van der Waals surface area contributed by atoms with E-state index in [0.717, 1.165) is 43.6 Å². The van der Waals surface area contributed by atoms with Crippen LogP contribution in [0.5, 0.6) is 11.5 Å². The first-order valence-electron chi connectivity index (χ1n) is 9.46. The minimum atomic E-state index is -0.333. The van der Waals surface area contributed by atoms with E-state index in [9.17, 15) is 4.79 Å². The van der Waals surface area contributed by atoms with Gasteiger partial charge in [-0.05, 0) is 55.4 Å². The van der Waals surface area contributed by atoms with E-state index in [1.165, 1.54) is 11.1 Å². The molecular weight excluding hydrogens is 334 g/mol. The molecule has 142 valence electrons. The van der Waals surface area contributed by atoms with E-state index in [0.29, 0.717) is 26.3 Å². The zero-order valence-electron chi connectivity index (χ0n) is 15.6. The molecule has 0 aliphatic carbocycles. The molecule has 6 heteroatoms. The van der Waals surface area contributed by atoms with Gasteiger partial charge in [-0.25, -0.2) is 0 Å². The first-order chi connectivity index (χ1) is 12.7. The molecule has 1 spiro atoms. The van der Waals surface area contributed by atoms with Crippen LogP contribution in [0.15, 0.2) is 12.1 Å². The molecule has 1 amide bonds. The number of piperidine rings is 1. The fourth-order valence-corrected chi connectivity index (χ4v) is 4.46. The van der Waals surface area contributed by atoms with Crippen molar-refractivity contribution in [1.82, 2.24) is 4.90 Å². The van der Waals surface area contributed by atoms with Gasteiger partial charge < -0.3 is 23.8 Å². The Labute approximate surface area is 154 Å². The molecule has 1 aromatic carbocycles. The lowest BCUT2D eigenvalue weighted by molar-refractivity contribution is -0.149. The molecule has 4 rings (SSSR count). The molecule has 3 aliphatic rings. The number of carbonyl (C=O) groups excluding carboxylic acids is 1. The third-order valence-electron chi connectivity index (χ3n) is 5.94. The molecule has 3 aliphatic heterocycles. The summed E-state index contributed by atoms with van der Waals surface area (Å²) >= 11 is 0. The summed E-state index contributed by atoms with van der Waals surface area (Å²) in [5, 5.41) is 0. The average Bonchev–Trinajstić information content (AvgIpc) is 3.22. The third kappa shape index (κ3) is 2.95. The molecule has 0 N–H and O–H groups in total. The summed E-state index contributed by atoms with van der Waals surface area (Å²) < 4.78 is 22.8. The van der Waals surface area contributed by atoms with Crippen LogP contribution in [0, 0.1) is 0 Å². The number of carbonyl (C=O) groups is 1. The molecule has 0 saturated carbocycles. The Morgan fingerprint density at radius 1 is 1.15 bits per heavy atom. The normalized spacial score (nSPS) is 24.4. The van der Waals surface area contributed by atoms with E-state index in [-0.39, 0.29) is 17.6 Å². The van der Waals surface area contributed by atoms with Crippen LogP contribution in [-0.4, -0.2) is 57.4 Å². The van der Waals surface area contributed by atoms with Gasteiger partial charge in [0, 0.05) is 19.7 Å². The number of benzene rings is 1. The number of ether oxygens (including phenoxy) is 4. The number of fused-ring (bicyclic) bond motifs is 2. The standard InChI is InChI=1S/C20H27NO5/c1-23-17-12-14-5-11-26-20(15(14)13-18(17)24-2)6-8-21(9-7-20)19(22)16-4-3-10-25-16/h12-13,16H,3-11H2,1-2H3/t16-/m1/s1. The van der Waals surface area contributed by atoms with Crippen LogP contribution in [0.3, 0.4) is 0 Å². The highest BCUT2D eigenvalue weighted by molar-refractivity contribution is 5.81. The smallest absolute Gasteiger partial charge is 0.251 e. The highest BCUT2D eigenvalue weighted by Gasteiger charge is 2.43. The zero-order valence-corrected chi connectivity index (χ0v) is 15.6. The van der Waals surface area contributed by atoms with Crippen molar-refractivity contribution < 1.29 is 23.7 Å². The average molecular weight is 361 g/mol. The number of methoxy groups -OCH3 is 2. The molecule has 0 radical (unpaired) electrons. The fourth-order valence-electron chi connectivity index (χ4n) is 4.46. The SMILES string of the molecule is COc1cc2c(cc1OC)C1(CCN(C(=O)[C@H]3CCCO3)CC1)OCC2. The van der Waals surface area contributed by atoms with Crippen LogP contribution >= 0.6 is 0 Å². The quantitative estimate of drug-likeness (QED) is 0.827. The van der Waals surface area contributed by atoms with Gasteiger partial charge in [0.2, 0.25) is 0 Å². The number of likely N-dealkylation sites (tertiary alicyclic amines) is 1. The van der Waals surface area contributed by atoms with E-state index in [2.05, 4.69) is 12.1 Å². The van der Waals surface area contributed by atoms with Crippen molar-refractivity contribution in [2.75, 3.05) is 40.5 Å². The highest BCUT2D eigenvalue weighted by atomic mass is 16.5. The zero-order chi connectivity index (χ0) is 18.1. The second-order valence-corrected chi connectivity index (χ2v) is 7.28. The van der Waals surface area contributed by atoms with Gasteiger partial charge in [0.1, 0.15) is 6.10 Å². The van der Waals surface area contributed by atoms with E-state index in [1.54, 1.807) is 14.2 Å². The summed E-state index contributed by atoms with van der Waals surface area (Å²) in [6.45, 7) is 2.80. The maximum atomic E-state index is 12.6. The van der Waals surface area contributed by atoms with Crippen molar-refractivity contribution >= 4 is 5.91 Å². The Morgan fingerprint density at radius 2 is 1.88 bits per heavy atom. The summed E-state index contributed by atoms with van der Waals surface area (Å²) in [4.78, 5) is 14.6. The van der Waals surface area contributed by atoms with Gasteiger partial charge in [-0.1, -0.05) is 0 Å². The Bertz CT molecular complexity index is 675. The number of nitrogens with zero attached hydrogens (tertiary/aromatic N) is 1.